The molecule has 0 aliphatic carbocycles. The van der Waals surface area contributed by atoms with Crippen molar-refractivity contribution in [2.75, 3.05) is 20.5 Å². The van der Waals surface area contributed by atoms with Crippen molar-refractivity contribution in [1.82, 2.24) is 4.57 Å². The minimum absolute atomic E-state index is 0.0543. The van der Waals surface area contributed by atoms with E-state index in [9.17, 15) is 9.59 Å². The number of hydrogen-bond donors (Lipinski definition) is 0. The lowest BCUT2D eigenvalue weighted by Gasteiger charge is -2.06. The third-order valence-electron chi connectivity index (χ3n) is 4.80. The zero-order valence-electron chi connectivity index (χ0n) is 17.5. The predicted octanol–water partition coefficient (Wildman–Crippen LogP) is 2.98. The summed E-state index contributed by atoms with van der Waals surface area (Å²) in [5.74, 6) is 1.27. The first-order chi connectivity index (χ1) is 15.0. The van der Waals surface area contributed by atoms with Gasteiger partial charge in [-0.15, -0.1) is 0 Å². The Hall–Kier alpha value is -3.33. The number of esters is 1. The molecule has 162 valence electrons. The summed E-state index contributed by atoms with van der Waals surface area (Å²) in [5.41, 5.74) is 2.52. The van der Waals surface area contributed by atoms with Gasteiger partial charge in [0, 0.05) is 12.1 Å². The molecule has 31 heavy (non-hydrogen) atoms. The number of aromatic nitrogens is 1. The van der Waals surface area contributed by atoms with Crippen LogP contribution in [0, 0.1) is 6.92 Å². The number of fused-ring (bicyclic) bond motifs is 2. The van der Waals surface area contributed by atoms with E-state index in [4.69, 9.17) is 18.9 Å². The van der Waals surface area contributed by atoms with Crippen molar-refractivity contribution in [3.8, 4) is 17.2 Å². The zero-order chi connectivity index (χ0) is 22.0. The van der Waals surface area contributed by atoms with Gasteiger partial charge in [-0.2, -0.15) is 4.99 Å². The first-order valence-electron chi connectivity index (χ1n) is 9.78. The Balaban J connectivity index is 1.70. The number of aryl methyl sites for hydroxylation is 1. The fourth-order valence-electron chi connectivity index (χ4n) is 3.40. The molecule has 0 spiro atoms. The van der Waals surface area contributed by atoms with Crippen molar-refractivity contribution >= 4 is 33.4 Å². The number of rotatable bonds is 6. The average molecular weight is 442 g/mol. The first-order valence-corrected chi connectivity index (χ1v) is 10.6. The second kappa shape index (κ2) is 8.81. The Morgan fingerprint density at radius 3 is 2.68 bits per heavy atom. The Morgan fingerprint density at radius 2 is 1.97 bits per heavy atom. The van der Waals surface area contributed by atoms with Crippen LogP contribution in [-0.2, 0) is 27.3 Å². The minimum Gasteiger partial charge on any atom is -0.496 e. The molecule has 4 rings (SSSR count). The molecule has 2 heterocycles. The van der Waals surface area contributed by atoms with Crippen molar-refractivity contribution in [3.05, 3.63) is 46.3 Å². The summed E-state index contributed by atoms with van der Waals surface area (Å²) in [6, 6.07) is 9.21. The number of ether oxygens (including phenoxy) is 4. The molecule has 1 aromatic heterocycles. The molecule has 0 radical (unpaired) electrons. The van der Waals surface area contributed by atoms with Crippen LogP contribution in [0.5, 0.6) is 17.2 Å². The zero-order valence-corrected chi connectivity index (χ0v) is 18.3. The van der Waals surface area contributed by atoms with Gasteiger partial charge in [-0.05, 0) is 31.0 Å². The number of nitrogens with zero attached hydrogens (tertiary/aromatic N) is 2. The maximum Gasteiger partial charge on any atom is 0.326 e. The molecule has 0 fully saturated rings. The largest absolute Gasteiger partial charge is 0.496 e. The van der Waals surface area contributed by atoms with E-state index in [2.05, 4.69) is 4.99 Å². The summed E-state index contributed by atoms with van der Waals surface area (Å²) in [6.07, 6.45) is 0.140. The second-order valence-electron chi connectivity index (χ2n) is 6.94. The van der Waals surface area contributed by atoms with E-state index in [-0.39, 0.29) is 32.3 Å². The van der Waals surface area contributed by atoms with Crippen molar-refractivity contribution in [2.24, 2.45) is 4.99 Å². The van der Waals surface area contributed by atoms with Crippen LogP contribution in [0.4, 0.5) is 0 Å². The highest BCUT2D eigenvalue weighted by Gasteiger charge is 2.19. The monoisotopic (exact) mass is 442 g/mol. The van der Waals surface area contributed by atoms with E-state index in [1.807, 2.05) is 31.2 Å². The van der Waals surface area contributed by atoms with Gasteiger partial charge in [-0.25, -0.2) is 0 Å². The Labute approximate surface area is 182 Å². The molecule has 0 N–H and O–H groups in total. The first kappa shape index (κ1) is 20.9. The molecule has 0 atom stereocenters. The van der Waals surface area contributed by atoms with Crippen LogP contribution >= 0.6 is 11.3 Å². The van der Waals surface area contributed by atoms with E-state index >= 15 is 0 Å². The normalized spacial score (nSPS) is 12.9. The van der Waals surface area contributed by atoms with Crippen molar-refractivity contribution in [1.29, 1.82) is 0 Å². The van der Waals surface area contributed by atoms with Crippen LogP contribution in [0.3, 0.4) is 0 Å². The number of carbonyl (C=O) groups excluding carboxylic acids is 2. The number of thiazole rings is 1. The van der Waals surface area contributed by atoms with Gasteiger partial charge in [0.05, 0.1) is 30.4 Å². The number of carbonyl (C=O) groups is 2. The predicted molar refractivity (Wildman–Crippen MR) is 115 cm³/mol. The molecule has 0 bridgehead atoms. The van der Waals surface area contributed by atoms with Gasteiger partial charge >= 0.3 is 5.97 Å². The lowest BCUT2D eigenvalue weighted by molar-refractivity contribution is -0.143. The van der Waals surface area contributed by atoms with Crippen molar-refractivity contribution < 1.29 is 28.5 Å². The molecule has 0 saturated heterocycles. The molecule has 0 unspecified atom stereocenters. The molecule has 3 aromatic rings. The highest BCUT2D eigenvalue weighted by molar-refractivity contribution is 7.16. The molecular weight excluding hydrogens is 420 g/mol. The highest BCUT2D eigenvalue weighted by Crippen LogP contribution is 2.37. The highest BCUT2D eigenvalue weighted by atomic mass is 32.1. The fraction of sp³-hybridized carbons (Fsp3) is 0.318. The maximum absolute atomic E-state index is 12.7. The lowest BCUT2D eigenvalue weighted by atomic mass is 10.1. The summed E-state index contributed by atoms with van der Waals surface area (Å²) in [6.45, 7) is 4.04. The fourth-order valence-corrected chi connectivity index (χ4v) is 4.46. The number of hydrogen-bond acceptors (Lipinski definition) is 7. The van der Waals surface area contributed by atoms with E-state index in [1.165, 1.54) is 11.3 Å². The second-order valence-corrected chi connectivity index (χ2v) is 7.94. The van der Waals surface area contributed by atoms with E-state index < -0.39 is 5.97 Å². The molecule has 1 aliphatic heterocycles. The number of amides is 1. The van der Waals surface area contributed by atoms with Gasteiger partial charge in [0.25, 0.3) is 5.91 Å². The van der Waals surface area contributed by atoms with Crippen LogP contribution in [0.25, 0.3) is 10.2 Å². The summed E-state index contributed by atoms with van der Waals surface area (Å²) in [4.78, 5) is 29.6. The van der Waals surface area contributed by atoms with Gasteiger partial charge in [0.2, 0.25) is 6.79 Å². The lowest BCUT2D eigenvalue weighted by Crippen LogP contribution is -2.23. The van der Waals surface area contributed by atoms with Crippen LogP contribution in [-0.4, -0.2) is 37.0 Å². The standard InChI is InChI=1S/C22H22N2O6S/c1-4-28-21(26)11-24-15-9-17-18(30-12-29-17)10-19(15)31-22(24)23-20(25)8-14-5-6-16(27-3)13(2)7-14/h5-7,9-10H,4,8,11-12H2,1-3H3. The minimum atomic E-state index is -0.403. The van der Waals surface area contributed by atoms with Crippen molar-refractivity contribution in [2.45, 2.75) is 26.8 Å². The van der Waals surface area contributed by atoms with E-state index in [0.717, 1.165) is 27.1 Å². The van der Waals surface area contributed by atoms with Gasteiger partial charge in [0.1, 0.15) is 12.3 Å². The Morgan fingerprint density at radius 1 is 1.19 bits per heavy atom. The molecular formula is C22H22N2O6S. The third-order valence-corrected chi connectivity index (χ3v) is 5.85. The van der Waals surface area contributed by atoms with Crippen LogP contribution < -0.4 is 19.0 Å². The SMILES string of the molecule is CCOC(=O)Cn1c(=NC(=O)Cc2ccc(OC)c(C)c2)sc2cc3c(cc21)OCO3. The quantitative estimate of drug-likeness (QED) is 0.546. The average Bonchev–Trinajstić information content (AvgIpc) is 3.31. The summed E-state index contributed by atoms with van der Waals surface area (Å²) >= 11 is 1.31. The van der Waals surface area contributed by atoms with Crippen LogP contribution in [0.15, 0.2) is 35.3 Å². The van der Waals surface area contributed by atoms with Crippen LogP contribution in [0.2, 0.25) is 0 Å². The number of benzene rings is 2. The summed E-state index contributed by atoms with van der Waals surface area (Å²) < 4.78 is 23.8. The molecule has 1 aliphatic rings. The summed E-state index contributed by atoms with van der Waals surface area (Å²) in [7, 11) is 1.61. The Bertz CT molecular complexity index is 1230. The number of methoxy groups -OCH3 is 1. The third kappa shape index (κ3) is 4.41. The van der Waals surface area contributed by atoms with E-state index in [0.29, 0.717) is 16.3 Å². The summed E-state index contributed by atoms with van der Waals surface area (Å²) in [5, 5.41) is 0. The van der Waals surface area contributed by atoms with Gasteiger partial charge < -0.3 is 23.5 Å². The van der Waals surface area contributed by atoms with Crippen molar-refractivity contribution in [3.63, 3.8) is 0 Å². The molecule has 9 heteroatoms. The van der Waals surface area contributed by atoms with E-state index in [1.54, 1.807) is 24.7 Å². The van der Waals surface area contributed by atoms with Gasteiger partial charge in [-0.1, -0.05) is 23.5 Å². The van der Waals surface area contributed by atoms with Crippen LogP contribution in [0.1, 0.15) is 18.1 Å². The molecule has 0 saturated carbocycles. The van der Waals surface area contributed by atoms with Gasteiger partial charge in [-0.3, -0.25) is 9.59 Å². The molecule has 8 nitrogen and oxygen atoms in total. The van der Waals surface area contributed by atoms with Gasteiger partial charge in [0.15, 0.2) is 16.3 Å². The maximum atomic E-state index is 12.7. The molecule has 1 amide bonds. The topological polar surface area (TPSA) is 88.4 Å². The Kier molecular flexibility index (Phi) is 5.94. The molecule has 2 aromatic carbocycles. The smallest absolute Gasteiger partial charge is 0.326 e.